The molecule has 2 bridgehead atoms. The molecule has 0 unspecified atom stereocenters. The van der Waals surface area contributed by atoms with Gasteiger partial charge < -0.3 is 10.2 Å². The van der Waals surface area contributed by atoms with Crippen LogP contribution in [0.5, 0.6) is 0 Å². The average Bonchev–Trinajstić information content (AvgIpc) is 3.25. The first-order valence-electron chi connectivity index (χ1n) is 11.4. The van der Waals surface area contributed by atoms with Gasteiger partial charge in [0.05, 0.1) is 11.6 Å². The summed E-state index contributed by atoms with van der Waals surface area (Å²) in [5.74, 6) is -0.00708. The first-order valence-corrected chi connectivity index (χ1v) is 11.4. The Balaban J connectivity index is 1.30. The Morgan fingerprint density at radius 3 is 2.58 bits per heavy atom. The van der Waals surface area contributed by atoms with Crippen LogP contribution in [-0.2, 0) is 4.79 Å². The van der Waals surface area contributed by atoms with E-state index in [1.54, 1.807) is 6.20 Å². The van der Waals surface area contributed by atoms with Crippen LogP contribution < -0.4 is 5.32 Å². The van der Waals surface area contributed by atoms with Crippen LogP contribution in [0.25, 0.3) is 33.2 Å². The smallest absolute Gasteiger partial charge is 0.253 e. The summed E-state index contributed by atoms with van der Waals surface area (Å²) in [7, 11) is 0. The minimum atomic E-state index is -0.0931. The SMILES string of the molecule is O=C1N[C@H]2CC[C@@H]1CN(C(=O)c1ccc3c(-c4ccc(-c5ccn[nH]5)cc4)cccc3c1)C2. The van der Waals surface area contributed by atoms with E-state index < -0.39 is 0 Å². The summed E-state index contributed by atoms with van der Waals surface area (Å²) < 4.78 is 0. The van der Waals surface area contributed by atoms with Gasteiger partial charge in [-0.3, -0.25) is 14.7 Å². The van der Waals surface area contributed by atoms with Crippen LogP contribution in [0.15, 0.2) is 72.9 Å². The van der Waals surface area contributed by atoms with Crippen LogP contribution in [0.4, 0.5) is 0 Å². The molecule has 3 aliphatic heterocycles. The molecule has 4 heterocycles. The van der Waals surface area contributed by atoms with Crippen molar-refractivity contribution in [1.29, 1.82) is 0 Å². The van der Waals surface area contributed by atoms with Crippen LogP contribution in [-0.4, -0.2) is 46.0 Å². The summed E-state index contributed by atoms with van der Waals surface area (Å²) in [6, 6.07) is 22.5. The quantitative estimate of drug-likeness (QED) is 0.504. The molecule has 4 aromatic rings. The van der Waals surface area contributed by atoms with Gasteiger partial charge >= 0.3 is 0 Å². The standard InChI is InChI=1S/C27H24N4O2/c32-26-21-8-10-22(29-26)16-31(15-21)27(33)20-9-11-24-19(14-20)2-1-3-23(24)17-4-6-18(7-5-17)25-12-13-28-30-25/h1-7,9,11-14,21-22H,8,10,15-16H2,(H,28,30)(H,29,32)/t21-,22+/m1/s1. The molecule has 2 atom stereocenters. The van der Waals surface area contributed by atoms with Crippen LogP contribution in [0.2, 0.25) is 0 Å². The molecule has 164 valence electrons. The van der Waals surface area contributed by atoms with E-state index in [0.717, 1.165) is 46.0 Å². The van der Waals surface area contributed by atoms with Gasteiger partial charge in [-0.15, -0.1) is 0 Å². The van der Waals surface area contributed by atoms with Crippen molar-refractivity contribution < 1.29 is 9.59 Å². The molecular formula is C27H24N4O2. The van der Waals surface area contributed by atoms with E-state index in [4.69, 9.17) is 0 Å². The van der Waals surface area contributed by atoms with Crippen molar-refractivity contribution in [3.05, 3.63) is 78.5 Å². The van der Waals surface area contributed by atoms with Crippen molar-refractivity contribution in [3.8, 4) is 22.4 Å². The molecule has 3 saturated heterocycles. The molecule has 3 aliphatic rings. The number of hydrogen-bond acceptors (Lipinski definition) is 3. The van der Waals surface area contributed by atoms with Gasteiger partial charge in [0.1, 0.15) is 0 Å². The van der Waals surface area contributed by atoms with Gasteiger partial charge in [0.2, 0.25) is 5.91 Å². The zero-order valence-corrected chi connectivity index (χ0v) is 18.1. The van der Waals surface area contributed by atoms with E-state index in [1.807, 2.05) is 41.3 Å². The van der Waals surface area contributed by atoms with Crippen molar-refractivity contribution in [2.45, 2.75) is 18.9 Å². The zero-order chi connectivity index (χ0) is 22.4. The number of carbonyl (C=O) groups is 2. The third-order valence-electron chi connectivity index (χ3n) is 6.88. The molecule has 1 aromatic heterocycles. The van der Waals surface area contributed by atoms with Crippen molar-refractivity contribution in [2.24, 2.45) is 5.92 Å². The van der Waals surface area contributed by atoms with Crippen molar-refractivity contribution in [1.82, 2.24) is 20.4 Å². The summed E-state index contributed by atoms with van der Waals surface area (Å²) in [4.78, 5) is 27.3. The lowest BCUT2D eigenvalue weighted by atomic mass is 9.95. The molecule has 0 saturated carbocycles. The molecule has 0 radical (unpaired) electrons. The second kappa shape index (κ2) is 7.89. The number of fused-ring (bicyclic) bond motifs is 5. The van der Waals surface area contributed by atoms with Crippen LogP contribution in [0.3, 0.4) is 0 Å². The number of nitrogens with zero attached hydrogens (tertiary/aromatic N) is 2. The Morgan fingerprint density at radius 2 is 1.79 bits per heavy atom. The Labute approximate surface area is 191 Å². The second-order valence-electron chi connectivity index (χ2n) is 8.98. The fourth-order valence-corrected chi connectivity index (χ4v) is 5.11. The van der Waals surface area contributed by atoms with Gasteiger partial charge in [0.25, 0.3) is 5.91 Å². The second-order valence-corrected chi connectivity index (χ2v) is 8.98. The minimum absolute atomic E-state index is 0.000358. The number of aromatic amines is 1. The summed E-state index contributed by atoms with van der Waals surface area (Å²) >= 11 is 0. The van der Waals surface area contributed by atoms with E-state index in [0.29, 0.717) is 18.7 Å². The number of piperidine rings is 1. The van der Waals surface area contributed by atoms with E-state index in [-0.39, 0.29) is 23.8 Å². The highest BCUT2D eigenvalue weighted by atomic mass is 16.2. The molecule has 33 heavy (non-hydrogen) atoms. The number of H-pyrrole nitrogens is 1. The third kappa shape index (κ3) is 3.57. The minimum Gasteiger partial charge on any atom is -0.351 e. The maximum Gasteiger partial charge on any atom is 0.253 e. The highest BCUT2D eigenvalue weighted by Gasteiger charge is 2.36. The number of hydrogen-bond donors (Lipinski definition) is 2. The van der Waals surface area contributed by atoms with Crippen LogP contribution in [0, 0.1) is 5.92 Å². The van der Waals surface area contributed by atoms with Gasteiger partial charge in [-0.2, -0.15) is 5.10 Å². The Kier molecular flexibility index (Phi) is 4.72. The molecule has 3 aromatic carbocycles. The van der Waals surface area contributed by atoms with Gasteiger partial charge in [-0.25, -0.2) is 0 Å². The van der Waals surface area contributed by atoms with Crippen molar-refractivity contribution in [3.63, 3.8) is 0 Å². The lowest BCUT2D eigenvalue weighted by molar-refractivity contribution is -0.126. The molecule has 6 heteroatoms. The number of rotatable bonds is 3. The predicted molar refractivity (Wildman–Crippen MR) is 128 cm³/mol. The Morgan fingerprint density at radius 1 is 0.939 bits per heavy atom. The van der Waals surface area contributed by atoms with Gasteiger partial charge in [-0.05, 0) is 58.5 Å². The molecule has 2 amide bonds. The van der Waals surface area contributed by atoms with Crippen LogP contribution in [0.1, 0.15) is 23.2 Å². The highest BCUT2D eigenvalue weighted by Crippen LogP contribution is 2.31. The maximum absolute atomic E-state index is 13.3. The number of carbonyl (C=O) groups excluding carboxylic acids is 2. The number of nitrogens with one attached hydrogen (secondary N) is 2. The van der Waals surface area contributed by atoms with Crippen molar-refractivity contribution in [2.75, 3.05) is 13.1 Å². The first kappa shape index (κ1) is 19.7. The monoisotopic (exact) mass is 436 g/mol. The van der Waals surface area contributed by atoms with Gasteiger partial charge in [-0.1, -0.05) is 48.5 Å². The van der Waals surface area contributed by atoms with E-state index in [1.165, 1.54) is 0 Å². The molecule has 3 fully saturated rings. The van der Waals surface area contributed by atoms with E-state index in [2.05, 4.69) is 45.8 Å². The summed E-state index contributed by atoms with van der Waals surface area (Å²) in [5.41, 5.74) is 5.00. The summed E-state index contributed by atoms with van der Waals surface area (Å²) in [6.45, 7) is 1.09. The van der Waals surface area contributed by atoms with Gasteiger partial charge in [0.15, 0.2) is 0 Å². The van der Waals surface area contributed by atoms with E-state index in [9.17, 15) is 9.59 Å². The number of amides is 2. The van der Waals surface area contributed by atoms with Crippen molar-refractivity contribution >= 4 is 22.6 Å². The lowest BCUT2D eigenvalue weighted by Gasteiger charge is -2.23. The maximum atomic E-state index is 13.3. The largest absolute Gasteiger partial charge is 0.351 e. The highest BCUT2D eigenvalue weighted by molar-refractivity contribution is 6.03. The average molecular weight is 437 g/mol. The normalized spacial score (nSPS) is 20.0. The van der Waals surface area contributed by atoms with Gasteiger partial charge in [0, 0.05) is 30.9 Å². The molecular weight excluding hydrogens is 412 g/mol. The Hall–Kier alpha value is -3.93. The summed E-state index contributed by atoms with van der Waals surface area (Å²) in [6.07, 6.45) is 3.55. The Bertz CT molecular complexity index is 1340. The van der Waals surface area contributed by atoms with E-state index >= 15 is 0 Å². The molecule has 2 N–H and O–H groups in total. The third-order valence-corrected chi connectivity index (χ3v) is 6.88. The molecule has 0 aliphatic carbocycles. The lowest BCUT2D eigenvalue weighted by Crippen LogP contribution is -2.43. The molecule has 6 nitrogen and oxygen atoms in total. The molecule has 7 rings (SSSR count). The first-order chi connectivity index (χ1) is 16.2. The predicted octanol–water partition coefficient (Wildman–Crippen LogP) is 4.25. The van der Waals surface area contributed by atoms with Crippen LogP contribution >= 0.6 is 0 Å². The topological polar surface area (TPSA) is 78.1 Å². The molecule has 0 spiro atoms. The number of benzene rings is 3. The fraction of sp³-hybridized carbons (Fsp3) is 0.222. The number of aromatic nitrogens is 2. The zero-order valence-electron chi connectivity index (χ0n) is 18.1. The summed E-state index contributed by atoms with van der Waals surface area (Å²) in [5, 5.41) is 12.2. The fourth-order valence-electron chi connectivity index (χ4n) is 5.11.